The van der Waals surface area contributed by atoms with Gasteiger partial charge in [-0.05, 0) is 47.6 Å². The Morgan fingerprint density at radius 2 is 1.93 bits per heavy atom. The van der Waals surface area contributed by atoms with Gasteiger partial charge < -0.3 is 19.6 Å². The maximum atomic E-state index is 12.9. The number of hydrogen-bond donors (Lipinski definition) is 2. The summed E-state index contributed by atoms with van der Waals surface area (Å²) in [5.74, 6) is -0.485. The van der Waals surface area contributed by atoms with Crippen molar-refractivity contribution in [3.63, 3.8) is 0 Å². The Bertz CT molecular complexity index is 1040. The van der Waals surface area contributed by atoms with Crippen LogP contribution < -0.4 is 14.8 Å². The third kappa shape index (κ3) is 5.13. The minimum atomic E-state index is -3.82. The Balaban J connectivity index is 1.97. The summed E-state index contributed by atoms with van der Waals surface area (Å²) in [6, 6.07) is 14.0. The first-order chi connectivity index (χ1) is 13.7. The first-order valence-corrected chi connectivity index (χ1v) is 11.4. The van der Waals surface area contributed by atoms with E-state index in [-0.39, 0.29) is 29.1 Å². The molecular weight excluding hydrogens is 480 g/mol. The van der Waals surface area contributed by atoms with E-state index in [1.54, 1.807) is 12.1 Å². The molecule has 0 spiro atoms. The van der Waals surface area contributed by atoms with Crippen molar-refractivity contribution in [2.24, 2.45) is 0 Å². The van der Waals surface area contributed by atoms with Crippen molar-refractivity contribution in [1.82, 2.24) is 10.6 Å². The van der Waals surface area contributed by atoms with Crippen LogP contribution >= 0.6 is 28.1 Å². The van der Waals surface area contributed by atoms with Crippen molar-refractivity contribution >= 4 is 49.3 Å². The lowest BCUT2D eigenvalue weighted by Gasteiger charge is -2.27. The zero-order valence-corrected chi connectivity index (χ0v) is 18.7. The predicted octanol–water partition coefficient (Wildman–Crippen LogP) is 2.25. The number of benzene rings is 2. The SMILES string of the molecule is COCCS(=O)(=O)Oc1cccc(C2(Cc3cccc(Br)c3)NC(=S)NC2=O)c1. The molecule has 1 atom stereocenters. The fourth-order valence-electron chi connectivity index (χ4n) is 3.06. The molecule has 1 amide bonds. The normalized spacial score (nSPS) is 19.0. The van der Waals surface area contributed by atoms with Gasteiger partial charge in [0.2, 0.25) is 0 Å². The summed E-state index contributed by atoms with van der Waals surface area (Å²) >= 11 is 8.60. The van der Waals surface area contributed by atoms with Crippen molar-refractivity contribution in [1.29, 1.82) is 0 Å². The summed E-state index contributed by atoms with van der Waals surface area (Å²) in [7, 11) is -2.41. The number of carbonyl (C=O) groups excluding carboxylic acids is 1. The van der Waals surface area contributed by atoms with E-state index < -0.39 is 15.7 Å². The molecule has 1 fully saturated rings. The quantitative estimate of drug-likeness (QED) is 0.425. The molecule has 29 heavy (non-hydrogen) atoms. The summed E-state index contributed by atoms with van der Waals surface area (Å²) in [5.41, 5.74) is 0.244. The summed E-state index contributed by atoms with van der Waals surface area (Å²) < 4.78 is 35.0. The molecule has 154 valence electrons. The Morgan fingerprint density at radius 1 is 1.17 bits per heavy atom. The highest BCUT2D eigenvalue weighted by atomic mass is 79.9. The molecular formula is C19H19BrN2O5S2. The largest absolute Gasteiger partial charge is 0.383 e. The van der Waals surface area contributed by atoms with Gasteiger partial charge in [0, 0.05) is 18.0 Å². The molecule has 2 aromatic carbocycles. The van der Waals surface area contributed by atoms with Gasteiger partial charge >= 0.3 is 10.1 Å². The van der Waals surface area contributed by atoms with E-state index in [1.165, 1.54) is 19.2 Å². The lowest BCUT2D eigenvalue weighted by Crippen LogP contribution is -2.45. The van der Waals surface area contributed by atoms with Gasteiger partial charge in [-0.3, -0.25) is 4.79 Å². The van der Waals surface area contributed by atoms with Gasteiger partial charge in [-0.15, -0.1) is 0 Å². The van der Waals surface area contributed by atoms with Crippen LogP contribution in [0.4, 0.5) is 0 Å². The molecule has 2 aromatic rings. The van der Waals surface area contributed by atoms with Gasteiger partial charge in [-0.1, -0.05) is 40.2 Å². The highest BCUT2D eigenvalue weighted by molar-refractivity contribution is 9.10. The van der Waals surface area contributed by atoms with E-state index in [2.05, 4.69) is 26.6 Å². The van der Waals surface area contributed by atoms with E-state index in [0.717, 1.165) is 10.0 Å². The molecule has 3 rings (SSSR count). The number of thiocarbonyl (C=S) groups is 1. The number of carbonyl (C=O) groups is 1. The third-order valence-electron chi connectivity index (χ3n) is 4.39. The van der Waals surface area contributed by atoms with Crippen LogP contribution in [0.1, 0.15) is 11.1 Å². The molecule has 0 aromatic heterocycles. The summed E-state index contributed by atoms with van der Waals surface area (Å²) in [6.07, 6.45) is 0.304. The van der Waals surface area contributed by atoms with Crippen LogP contribution in [0, 0.1) is 0 Å². The van der Waals surface area contributed by atoms with Crippen LogP contribution in [0.2, 0.25) is 0 Å². The number of amides is 1. The fraction of sp³-hybridized carbons (Fsp3) is 0.263. The Morgan fingerprint density at radius 3 is 2.59 bits per heavy atom. The molecule has 1 saturated heterocycles. The number of methoxy groups -OCH3 is 1. The monoisotopic (exact) mass is 498 g/mol. The summed E-state index contributed by atoms with van der Waals surface area (Å²) in [4.78, 5) is 12.9. The van der Waals surface area contributed by atoms with Crippen molar-refractivity contribution < 1.29 is 22.1 Å². The average molecular weight is 499 g/mol. The Labute approximate surface area is 183 Å². The first-order valence-electron chi connectivity index (χ1n) is 8.64. The maximum Gasteiger partial charge on any atom is 0.311 e. The molecule has 1 aliphatic heterocycles. The summed E-state index contributed by atoms with van der Waals surface area (Å²) in [6.45, 7) is 0.0209. The van der Waals surface area contributed by atoms with E-state index in [4.69, 9.17) is 21.1 Å². The maximum absolute atomic E-state index is 12.9. The average Bonchev–Trinajstić information content (AvgIpc) is 2.94. The molecule has 1 aliphatic rings. The van der Waals surface area contributed by atoms with Crippen LogP contribution in [0.25, 0.3) is 0 Å². The number of hydrogen-bond acceptors (Lipinski definition) is 6. The standard InChI is InChI=1S/C19H19BrN2O5S2/c1-26-8-9-29(24,25)27-16-7-3-5-14(11-16)19(17(23)21-18(28)22-19)12-13-4-2-6-15(20)10-13/h2-7,10-11H,8-9,12H2,1H3,(H2,21,22,23,28). The molecule has 2 N–H and O–H groups in total. The minimum absolute atomic E-state index is 0.0209. The van der Waals surface area contributed by atoms with Crippen molar-refractivity contribution in [2.45, 2.75) is 12.0 Å². The molecule has 0 aliphatic carbocycles. The third-order valence-corrected chi connectivity index (χ3v) is 6.20. The van der Waals surface area contributed by atoms with Crippen LogP contribution in [-0.2, 0) is 31.6 Å². The lowest BCUT2D eigenvalue weighted by molar-refractivity contribution is -0.124. The predicted molar refractivity (Wildman–Crippen MR) is 116 cm³/mol. The van der Waals surface area contributed by atoms with E-state index in [9.17, 15) is 13.2 Å². The Hall–Kier alpha value is -2.01. The second-order valence-electron chi connectivity index (χ2n) is 6.49. The molecule has 1 heterocycles. The number of ether oxygens (including phenoxy) is 1. The molecule has 0 radical (unpaired) electrons. The van der Waals surface area contributed by atoms with Crippen LogP contribution in [-0.4, -0.2) is 38.9 Å². The smallest absolute Gasteiger partial charge is 0.311 e. The van der Waals surface area contributed by atoms with E-state index in [0.29, 0.717) is 12.0 Å². The van der Waals surface area contributed by atoms with Crippen LogP contribution in [0.15, 0.2) is 53.0 Å². The zero-order valence-electron chi connectivity index (χ0n) is 15.5. The fourth-order valence-corrected chi connectivity index (χ4v) is 4.63. The number of rotatable bonds is 8. The van der Waals surface area contributed by atoms with Crippen LogP contribution in [0.5, 0.6) is 5.75 Å². The highest BCUT2D eigenvalue weighted by Gasteiger charge is 2.46. The van der Waals surface area contributed by atoms with Gasteiger partial charge in [-0.2, -0.15) is 8.42 Å². The molecule has 7 nitrogen and oxygen atoms in total. The zero-order chi connectivity index (χ0) is 21.1. The lowest BCUT2D eigenvalue weighted by atomic mass is 9.84. The summed E-state index contributed by atoms with van der Waals surface area (Å²) in [5, 5.41) is 5.90. The van der Waals surface area contributed by atoms with Crippen molar-refractivity contribution in [3.8, 4) is 5.75 Å². The molecule has 0 bridgehead atoms. The van der Waals surface area contributed by atoms with Gasteiger partial charge in [-0.25, -0.2) is 0 Å². The first kappa shape index (κ1) is 21.7. The molecule has 0 saturated carbocycles. The van der Waals surface area contributed by atoms with Gasteiger partial charge in [0.1, 0.15) is 17.0 Å². The van der Waals surface area contributed by atoms with Gasteiger partial charge in [0.05, 0.1) is 6.61 Å². The van der Waals surface area contributed by atoms with E-state index >= 15 is 0 Å². The van der Waals surface area contributed by atoms with Gasteiger partial charge in [0.15, 0.2) is 5.11 Å². The molecule has 1 unspecified atom stereocenters. The van der Waals surface area contributed by atoms with Gasteiger partial charge in [0.25, 0.3) is 5.91 Å². The number of halogens is 1. The number of nitrogens with one attached hydrogen (secondary N) is 2. The van der Waals surface area contributed by atoms with E-state index in [1.807, 2.05) is 24.3 Å². The molecule has 10 heteroatoms. The second kappa shape index (κ2) is 8.78. The highest BCUT2D eigenvalue weighted by Crippen LogP contribution is 2.32. The van der Waals surface area contributed by atoms with Crippen LogP contribution in [0.3, 0.4) is 0 Å². The van der Waals surface area contributed by atoms with Crippen molar-refractivity contribution in [3.05, 3.63) is 64.1 Å². The second-order valence-corrected chi connectivity index (χ2v) is 9.50. The van der Waals surface area contributed by atoms with Crippen molar-refractivity contribution in [2.75, 3.05) is 19.5 Å². The Kier molecular flexibility index (Phi) is 6.57. The minimum Gasteiger partial charge on any atom is -0.383 e. The topological polar surface area (TPSA) is 93.7 Å².